The number of halogens is 1. The number of hydrogen-bond acceptors (Lipinski definition) is 4. The van der Waals surface area contributed by atoms with Crippen molar-refractivity contribution >= 4 is 33.0 Å². The second-order valence-electron chi connectivity index (χ2n) is 4.00. The molecule has 2 aromatic rings. The highest BCUT2D eigenvalue weighted by Crippen LogP contribution is 2.25. The molecule has 0 saturated carbocycles. The topological polar surface area (TPSA) is 66.1 Å². The number of aromatic nitrogens is 2. The highest BCUT2D eigenvalue weighted by molar-refractivity contribution is 7.89. The molecule has 1 N–H and O–H groups in total. The third kappa shape index (κ3) is 3.00. The van der Waals surface area contributed by atoms with Crippen molar-refractivity contribution < 1.29 is 8.42 Å². The van der Waals surface area contributed by atoms with Crippen molar-refractivity contribution in [1.29, 1.82) is 0 Å². The molecule has 0 spiro atoms. The molecule has 0 unspecified atom stereocenters. The van der Waals surface area contributed by atoms with Gasteiger partial charge in [0, 0.05) is 18.0 Å². The van der Waals surface area contributed by atoms with Crippen molar-refractivity contribution in [2.45, 2.75) is 25.3 Å². The zero-order valence-electron chi connectivity index (χ0n) is 10.6. The molecule has 0 radical (unpaired) electrons. The lowest BCUT2D eigenvalue weighted by atomic mass is 10.4. The van der Waals surface area contributed by atoms with Gasteiger partial charge >= 0.3 is 0 Å². The van der Waals surface area contributed by atoms with E-state index in [9.17, 15) is 8.42 Å². The summed E-state index contributed by atoms with van der Waals surface area (Å²) in [6.07, 6.45) is 1.34. The molecule has 0 atom stereocenters. The number of sulfonamides is 1. The summed E-state index contributed by atoms with van der Waals surface area (Å²) in [4.78, 5) is 1.13. The van der Waals surface area contributed by atoms with Crippen LogP contribution in [0.2, 0.25) is 4.34 Å². The molecular formula is C11H14ClN3O2S2. The maximum atomic E-state index is 12.5. The van der Waals surface area contributed by atoms with E-state index in [0.717, 1.165) is 4.88 Å². The first kappa shape index (κ1) is 14.5. The van der Waals surface area contributed by atoms with E-state index in [-0.39, 0.29) is 4.90 Å². The molecule has 0 fully saturated rings. The second kappa shape index (κ2) is 5.62. The fraction of sp³-hybridized carbons (Fsp3) is 0.364. The molecule has 0 aromatic carbocycles. The van der Waals surface area contributed by atoms with E-state index in [1.54, 1.807) is 13.0 Å². The van der Waals surface area contributed by atoms with Crippen molar-refractivity contribution in [3.63, 3.8) is 0 Å². The number of nitrogens with zero attached hydrogens (tertiary/aromatic N) is 2. The summed E-state index contributed by atoms with van der Waals surface area (Å²) >= 11 is 7.25. The van der Waals surface area contributed by atoms with E-state index in [1.807, 2.05) is 13.0 Å². The smallest absolute Gasteiger partial charge is 0.246 e. The van der Waals surface area contributed by atoms with Gasteiger partial charge in [0.15, 0.2) is 0 Å². The number of thiophene rings is 1. The van der Waals surface area contributed by atoms with Crippen molar-refractivity contribution in [2.75, 3.05) is 6.54 Å². The van der Waals surface area contributed by atoms with Gasteiger partial charge in [0.1, 0.15) is 4.90 Å². The molecule has 0 saturated heterocycles. The fourth-order valence-corrected chi connectivity index (χ4v) is 4.45. The number of aryl methyl sites for hydroxylation is 1. The Bertz CT molecular complexity index is 663. The van der Waals surface area contributed by atoms with Gasteiger partial charge in [0.2, 0.25) is 10.0 Å². The van der Waals surface area contributed by atoms with Crippen LogP contribution in [0.5, 0.6) is 0 Å². The van der Waals surface area contributed by atoms with E-state index in [2.05, 4.69) is 10.2 Å². The van der Waals surface area contributed by atoms with Gasteiger partial charge in [-0.3, -0.25) is 5.10 Å². The Morgan fingerprint density at radius 2 is 2.21 bits per heavy atom. The minimum atomic E-state index is -3.52. The molecule has 19 heavy (non-hydrogen) atoms. The van der Waals surface area contributed by atoms with Crippen LogP contribution in [0.1, 0.15) is 17.5 Å². The van der Waals surface area contributed by atoms with Crippen LogP contribution >= 0.6 is 22.9 Å². The van der Waals surface area contributed by atoms with Gasteiger partial charge < -0.3 is 0 Å². The van der Waals surface area contributed by atoms with Gasteiger partial charge in [-0.05, 0) is 19.1 Å². The summed E-state index contributed by atoms with van der Waals surface area (Å²) in [7, 11) is -3.52. The van der Waals surface area contributed by atoms with Gasteiger partial charge in [-0.25, -0.2) is 8.42 Å². The van der Waals surface area contributed by atoms with E-state index >= 15 is 0 Å². The minimum Gasteiger partial charge on any atom is -0.281 e. The fourth-order valence-electron chi connectivity index (χ4n) is 1.72. The van der Waals surface area contributed by atoms with Gasteiger partial charge in [0.25, 0.3) is 0 Å². The second-order valence-corrected chi connectivity index (χ2v) is 7.70. The molecule has 5 nitrogen and oxygen atoms in total. The average Bonchev–Trinajstić information content (AvgIpc) is 2.95. The average molecular weight is 320 g/mol. The molecule has 0 bridgehead atoms. The van der Waals surface area contributed by atoms with Crippen molar-refractivity contribution in [3.8, 4) is 0 Å². The molecule has 104 valence electrons. The lowest BCUT2D eigenvalue weighted by Gasteiger charge is -2.19. The summed E-state index contributed by atoms with van der Waals surface area (Å²) in [6, 6.07) is 3.61. The Balaban J connectivity index is 2.29. The third-order valence-electron chi connectivity index (χ3n) is 2.72. The Hall–Kier alpha value is -0.890. The van der Waals surface area contributed by atoms with Crippen LogP contribution in [-0.4, -0.2) is 29.5 Å². The van der Waals surface area contributed by atoms with Crippen LogP contribution in [0.25, 0.3) is 0 Å². The zero-order chi connectivity index (χ0) is 14.0. The lowest BCUT2D eigenvalue weighted by Crippen LogP contribution is -2.30. The molecule has 2 heterocycles. The number of rotatable bonds is 5. The van der Waals surface area contributed by atoms with Crippen LogP contribution in [0, 0.1) is 6.92 Å². The normalized spacial score (nSPS) is 12.2. The lowest BCUT2D eigenvalue weighted by molar-refractivity contribution is 0.426. The quantitative estimate of drug-likeness (QED) is 0.921. The first-order chi connectivity index (χ1) is 8.95. The zero-order valence-corrected chi connectivity index (χ0v) is 12.9. The van der Waals surface area contributed by atoms with Crippen LogP contribution in [0.15, 0.2) is 23.2 Å². The Morgan fingerprint density at radius 3 is 2.68 bits per heavy atom. The third-order valence-corrected chi connectivity index (χ3v) is 5.97. The summed E-state index contributed by atoms with van der Waals surface area (Å²) in [5, 5.41) is 6.41. The van der Waals surface area contributed by atoms with E-state index in [1.165, 1.54) is 21.8 Å². The van der Waals surface area contributed by atoms with Crippen molar-refractivity contribution in [3.05, 3.63) is 33.2 Å². The number of aromatic amines is 1. The number of nitrogens with one attached hydrogen (secondary N) is 1. The molecular weight excluding hydrogens is 306 g/mol. The molecule has 0 aliphatic rings. The molecule has 2 rings (SSSR count). The summed E-state index contributed by atoms with van der Waals surface area (Å²) in [5.41, 5.74) is 0.544. The predicted molar refractivity (Wildman–Crippen MR) is 75.9 cm³/mol. The summed E-state index contributed by atoms with van der Waals surface area (Å²) < 4.78 is 27.1. The number of hydrogen-bond donors (Lipinski definition) is 1. The first-order valence-electron chi connectivity index (χ1n) is 5.69. The van der Waals surface area contributed by atoms with Crippen LogP contribution in [0.4, 0.5) is 0 Å². The van der Waals surface area contributed by atoms with Crippen molar-refractivity contribution in [2.24, 2.45) is 0 Å². The highest BCUT2D eigenvalue weighted by atomic mass is 35.5. The SMILES string of the molecule is CCN(Cc1ccc(Cl)s1)S(=O)(=O)c1cn[nH]c1C. The highest BCUT2D eigenvalue weighted by Gasteiger charge is 2.26. The Kier molecular flexibility index (Phi) is 4.29. The monoisotopic (exact) mass is 319 g/mol. The standard InChI is InChI=1S/C11H14ClN3O2S2/c1-3-15(7-9-4-5-11(12)18-9)19(16,17)10-6-13-14-8(10)2/h4-6H,3,7H2,1-2H3,(H,13,14). The molecule has 2 aromatic heterocycles. The predicted octanol–water partition coefficient (Wildman–Crippen LogP) is 2.64. The van der Waals surface area contributed by atoms with E-state index in [0.29, 0.717) is 23.1 Å². The maximum Gasteiger partial charge on any atom is 0.246 e. The maximum absolute atomic E-state index is 12.5. The van der Waals surface area contributed by atoms with Crippen molar-refractivity contribution in [1.82, 2.24) is 14.5 Å². The largest absolute Gasteiger partial charge is 0.281 e. The summed E-state index contributed by atoms with van der Waals surface area (Å²) in [5.74, 6) is 0. The molecule has 0 amide bonds. The molecule has 0 aliphatic carbocycles. The van der Waals surface area contributed by atoms with Gasteiger partial charge in [0.05, 0.1) is 16.2 Å². The minimum absolute atomic E-state index is 0.219. The molecule has 8 heteroatoms. The van der Waals surface area contributed by atoms with Crippen LogP contribution in [0.3, 0.4) is 0 Å². The van der Waals surface area contributed by atoms with Gasteiger partial charge in [-0.15, -0.1) is 11.3 Å². The van der Waals surface area contributed by atoms with Crippen LogP contribution < -0.4 is 0 Å². The van der Waals surface area contributed by atoms with E-state index in [4.69, 9.17) is 11.6 Å². The van der Waals surface area contributed by atoms with Gasteiger partial charge in [-0.1, -0.05) is 18.5 Å². The molecule has 0 aliphatic heterocycles. The Morgan fingerprint density at radius 1 is 1.47 bits per heavy atom. The van der Waals surface area contributed by atoms with E-state index < -0.39 is 10.0 Å². The first-order valence-corrected chi connectivity index (χ1v) is 8.33. The Labute approximate surface area is 121 Å². The van der Waals surface area contributed by atoms with Gasteiger partial charge in [-0.2, -0.15) is 9.40 Å². The summed E-state index contributed by atoms with van der Waals surface area (Å²) in [6.45, 7) is 4.21. The van der Waals surface area contributed by atoms with Crippen LogP contribution in [-0.2, 0) is 16.6 Å². The number of H-pyrrole nitrogens is 1.